The Hall–Kier alpha value is 0.780. The molecular weight excluding hydrogens is 445 g/mol. The quantitative estimate of drug-likeness (QED) is 0.233. The van der Waals surface area contributed by atoms with Crippen molar-refractivity contribution < 1.29 is 0 Å². The molecule has 25 heavy (non-hydrogen) atoms. The van der Waals surface area contributed by atoms with E-state index in [2.05, 4.69) is 33.5 Å². The molecule has 0 aromatic rings. The molecule has 0 fully saturated rings. The highest BCUT2D eigenvalue weighted by Crippen LogP contribution is 1.95. The maximum Gasteiger partial charge on any atom is 0.0602 e. The first-order chi connectivity index (χ1) is 11.3. The van der Waals surface area contributed by atoms with Crippen molar-refractivity contribution in [3.8, 4) is 23.7 Å². The van der Waals surface area contributed by atoms with Crippen molar-refractivity contribution in [2.24, 2.45) is 0 Å². The van der Waals surface area contributed by atoms with Crippen LogP contribution in [0.5, 0.6) is 0 Å². The summed E-state index contributed by atoms with van der Waals surface area (Å²) in [6, 6.07) is 0. The van der Waals surface area contributed by atoms with E-state index >= 15 is 0 Å². The summed E-state index contributed by atoms with van der Waals surface area (Å²) in [7, 11) is 0. The van der Waals surface area contributed by atoms with Crippen LogP contribution in [0.25, 0.3) is 0 Å². The van der Waals surface area contributed by atoms with E-state index in [-0.39, 0.29) is 24.8 Å². The summed E-state index contributed by atoms with van der Waals surface area (Å²) in [6.45, 7) is 4.78. The third-order valence-electron chi connectivity index (χ3n) is 3.06. The first kappa shape index (κ1) is 30.5. The first-order valence-electron chi connectivity index (χ1n) is 7.88. The second-order valence-electron chi connectivity index (χ2n) is 4.87. The van der Waals surface area contributed by atoms with E-state index in [1.807, 2.05) is 0 Å². The van der Waals surface area contributed by atoms with Crippen molar-refractivity contribution in [2.45, 2.75) is 19.3 Å². The highest BCUT2D eigenvalue weighted by atomic mass is 35.5. The average Bonchev–Trinajstić information content (AvgIpc) is 2.54. The zero-order valence-corrected chi connectivity index (χ0v) is 19.1. The molecule has 0 aromatic carbocycles. The molecule has 0 bridgehead atoms. The first-order valence-corrected chi connectivity index (χ1v) is 10.0. The summed E-state index contributed by atoms with van der Waals surface area (Å²) >= 11 is 23.0. The van der Waals surface area contributed by atoms with Crippen LogP contribution in [-0.4, -0.2) is 72.6 Å². The number of hydrogen-bond donors (Lipinski definition) is 0. The van der Waals surface area contributed by atoms with Crippen LogP contribution in [0.3, 0.4) is 0 Å². The lowest BCUT2D eigenvalue weighted by Crippen LogP contribution is -2.28. The van der Waals surface area contributed by atoms with Gasteiger partial charge in [0.1, 0.15) is 0 Å². The molecule has 0 atom stereocenters. The Kier molecular flexibility index (Phi) is 30.2. The van der Waals surface area contributed by atoms with Gasteiger partial charge in [-0.3, -0.25) is 9.80 Å². The monoisotopic (exact) mass is 470 g/mol. The van der Waals surface area contributed by atoms with E-state index in [1.54, 1.807) is 0 Å². The standard InChI is InChI=1S/C17H26Cl4N2.2ClH/c18-8-14-22(15-9-19)12-6-4-2-1-3-5-7-13-23(16-10-20)17-11-21;;/h1-3,8-17H2;2*1H. The number of halogens is 6. The van der Waals surface area contributed by atoms with Gasteiger partial charge in [0.2, 0.25) is 0 Å². The molecule has 8 heteroatoms. The van der Waals surface area contributed by atoms with Crippen LogP contribution in [0.2, 0.25) is 0 Å². The summed E-state index contributed by atoms with van der Waals surface area (Å²) in [5.41, 5.74) is 0. The maximum absolute atomic E-state index is 5.74. The predicted octanol–water partition coefficient (Wildman–Crippen LogP) is 4.57. The molecule has 0 aromatic heterocycles. The van der Waals surface area contributed by atoms with Crippen LogP contribution >= 0.6 is 71.2 Å². The Labute approximate surface area is 186 Å². The number of unbranched alkanes of at least 4 members (excludes halogenated alkanes) is 2. The van der Waals surface area contributed by atoms with Gasteiger partial charge in [-0.15, -0.1) is 83.1 Å². The summed E-state index contributed by atoms with van der Waals surface area (Å²) in [4.78, 5) is 4.32. The lowest BCUT2D eigenvalue weighted by Gasteiger charge is -2.16. The normalized spacial score (nSPS) is 9.52. The maximum atomic E-state index is 5.74. The van der Waals surface area contributed by atoms with Crippen molar-refractivity contribution in [3.63, 3.8) is 0 Å². The second kappa shape index (κ2) is 24.8. The van der Waals surface area contributed by atoms with Gasteiger partial charge in [-0.1, -0.05) is 11.8 Å². The van der Waals surface area contributed by atoms with Gasteiger partial charge >= 0.3 is 0 Å². The van der Waals surface area contributed by atoms with Gasteiger partial charge in [0.05, 0.1) is 13.1 Å². The number of hydrogen-bond acceptors (Lipinski definition) is 2. The molecule has 148 valence electrons. The highest BCUT2D eigenvalue weighted by Gasteiger charge is 2.00. The van der Waals surface area contributed by atoms with E-state index in [0.29, 0.717) is 23.5 Å². The molecule has 2 nitrogen and oxygen atoms in total. The van der Waals surface area contributed by atoms with E-state index in [0.717, 1.165) is 58.5 Å². The molecule has 0 saturated heterocycles. The summed E-state index contributed by atoms with van der Waals surface area (Å²) < 4.78 is 0. The zero-order valence-electron chi connectivity index (χ0n) is 14.4. The Morgan fingerprint density at radius 3 is 1.12 bits per heavy atom. The van der Waals surface area contributed by atoms with Crippen LogP contribution in [0.4, 0.5) is 0 Å². The zero-order chi connectivity index (χ0) is 17.2. The van der Waals surface area contributed by atoms with Gasteiger partial charge < -0.3 is 0 Å². The Balaban J connectivity index is -0.00000242. The minimum absolute atomic E-state index is 0. The molecule has 0 amide bonds. The van der Waals surface area contributed by atoms with Gasteiger partial charge in [-0.2, -0.15) is 0 Å². The lowest BCUT2D eigenvalue weighted by atomic mass is 10.2. The Morgan fingerprint density at radius 2 is 0.840 bits per heavy atom. The third-order valence-corrected chi connectivity index (χ3v) is 3.74. The minimum Gasteiger partial charge on any atom is -0.290 e. The molecule has 0 heterocycles. The number of nitrogens with zero attached hydrogens (tertiary/aromatic N) is 2. The Morgan fingerprint density at radius 1 is 0.520 bits per heavy atom. The van der Waals surface area contributed by atoms with Gasteiger partial charge in [0.25, 0.3) is 0 Å². The molecule has 0 saturated carbocycles. The average molecular weight is 473 g/mol. The molecule has 0 radical (unpaired) electrons. The predicted molar refractivity (Wildman–Crippen MR) is 120 cm³/mol. The van der Waals surface area contributed by atoms with E-state index in [4.69, 9.17) is 46.4 Å². The summed E-state index contributed by atoms with van der Waals surface area (Å²) in [5.74, 6) is 15.1. The SMILES string of the molecule is Cl.Cl.ClCCN(CC#CCCCC#CCN(CCCl)CCCl)CCCl. The summed E-state index contributed by atoms with van der Waals surface area (Å²) in [5, 5.41) is 0. The summed E-state index contributed by atoms with van der Waals surface area (Å²) in [6.07, 6.45) is 2.74. The smallest absolute Gasteiger partial charge is 0.0602 e. The minimum atomic E-state index is 0. The fraction of sp³-hybridized carbons (Fsp3) is 0.765. The number of alkyl halides is 4. The molecule has 0 N–H and O–H groups in total. The molecule has 0 rings (SSSR count). The molecular formula is C17H28Cl6N2. The van der Waals surface area contributed by atoms with Crippen LogP contribution in [0.1, 0.15) is 19.3 Å². The molecule has 0 aliphatic rings. The van der Waals surface area contributed by atoms with E-state index < -0.39 is 0 Å². The van der Waals surface area contributed by atoms with E-state index in [9.17, 15) is 0 Å². The van der Waals surface area contributed by atoms with Crippen LogP contribution in [0.15, 0.2) is 0 Å². The number of rotatable bonds is 12. The fourth-order valence-electron chi connectivity index (χ4n) is 1.80. The van der Waals surface area contributed by atoms with Crippen molar-refractivity contribution >= 4 is 71.2 Å². The van der Waals surface area contributed by atoms with E-state index in [1.165, 1.54) is 0 Å². The molecule has 0 unspecified atom stereocenters. The van der Waals surface area contributed by atoms with Gasteiger partial charge in [-0.05, 0) is 6.42 Å². The topological polar surface area (TPSA) is 6.48 Å². The lowest BCUT2D eigenvalue weighted by molar-refractivity contribution is 0.346. The fourth-order valence-corrected chi connectivity index (χ4v) is 2.75. The van der Waals surface area contributed by atoms with Crippen LogP contribution < -0.4 is 0 Å². The van der Waals surface area contributed by atoms with Gasteiger partial charge in [0, 0.05) is 62.5 Å². The Bertz CT molecular complexity index is 338. The van der Waals surface area contributed by atoms with Gasteiger partial charge in [0.15, 0.2) is 0 Å². The largest absolute Gasteiger partial charge is 0.290 e. The van der Waals surface area contributed by atoms with Crippen LogP contribution in [-0.2, 0) is 0 Å². The molecule has 0 aliphatic heterocycles. The van der Waals surface area contributed by atoms with Crippen molar-refractivity contribution in [3.05, 3.63) is 0 Å². The van der Waals surface area contributed by atoms with Crippen molar-refractivity contribution in [1.82, 2.24) is 9.80 Å². The second-order valence-corrected chi connectivity index (χ2v) is 6.38. The van der Waals surface area contributed by atoms with Crippen molar-refractivity contribution in [1.29, 1.82) is 0 Å². The molecule has 0 spiro atoms. The highest BCUT2D eigenvalue weighted by molar-refractivity contribution is 6.18. The van der Waals surface area contributed by atoms with Crippen molar-refractivity contribution in [2.75, 3.05) is 62.8 Å². The molecule has 0 aliphatic carbocycles. The van der Waals surface area contributed by atoms with Gasteiger partial charge in [-0.25, -0.2) is 0 Å². The van der Waals surface area contributed by atoms with Crippen LogP contribution in [0, 0.1) is 23.7 Å². The third kappa shape index (κ3) is 20.9.